The van der Waals surface area contributed by atoms with E-state index in [2.05, 4.69) is 27.2 Å². The van der Waals surface area contributed by atoms with E-state index in [1.807, 2.05) is 36.9 Å². The Bertz CT molecular complexity index is 1710. The van der Waals surface area contributed by atoms with E-state index in [4.69, 9.17) is 21.3 Å². The summed E-state index contributed by atoms with van der Waals surface area (Å²) in [6, 6.07) is 9.58. The lowest BCUT2D eigenvalue weighted by atomic mass is 10.0. The van der Waals surface area contributed by atoms with Crippen LogP contribution in [0.15, 0.2) is 41.3 Å². The number of aliphatic hydroxyl groups is 1. The van der Waals surface area contributed by atoms with Crippen molar-refractivity contribution in [3.05, 3.63) is 74.2 Å². The van der Waals surface area contributed by atoms with E-state index in [0.29, 0.717) is 39.7 Å². The number of imidazole rings is 1. The quantitative estimate of drug-likeness (QED) is 0.243. The maximum Gasteiger partial charge on any atom is 0.261 e. The molecule has 220 valence electrons. The molecule has 0 saturated carbocycles. The van der Waals surface area contributed by atoms with Crippen molar-refractivity contribution in [2.75, 3.05) is 38.6 Å². The summed E-state index contributed by atoms with van der Waals surface area (Å²) in [5.74, 6) is 1.02. The van der Waals surface area contributed by atoms with Crippen molar-refractivity contribution in [3.63, 3.8) is 0 Å². The van der Waals surface area contributed by atoms with E-state index in [0.717, 1.165) is 48.4 Å². The molecule has 1 saturated heterocycles. The highest BCUT2D eigenvalue weighted by Crippen LogP contribution is 2.38. The third-order valence-electron chi connectivity index (χ3n) is 8.25. The summed E-state index contributed by atoms with van der Waals surface area (Å²) in [6.45, 7) is 6.60. The van der Waals surface area contributed by atoms with Gasteiger partial charge in [-0.25, -0.2) is 4.98 Å². The number of rotatable bonds is 8. The van der Waals surface area contributed by atoms with Gasteiger partial charge in [-0.15, -0.1) is 0 Å². The number of carbonyl (C=O) groups is 1. The highest BCUT2D eigenvalue weighted by molar-refractivity contribution is 6.36. The van der Waals surface area contributed by atoms with Crippen LogP contribution in [0.5, 0.6) is 5.75 Å². The van der Waals surface area contributed by atoms with Gasteiger partial charge in [-0.3, -0.25) is 9.59 Å². The zero-order valence-corrected chi connectivity index (χ0v) is 24.7. The number of H-pyrrole nitrogens is 2. The molecule has 1 atom stereocenters. The van der Waals surface area contributed by atoms with Gasteiger partial charge >= 0.3 is 0 Å². The molecule has 0 aliphatic carbocycles. The smallest absolute Gasteiger partial charge is 0.261 e. The van der Waals surface area contributed by atoms with Crippen LogP contribution in [0.3, 0.4) is 0 Å². The molecule has 4 aromatic rings. The SMILES string of the molecule is Cc1ccc(OCC(O)CNc2cc[nH]c(=O)c2-c2nc3c(Cl)c4c(cc3[nH]2)C(=O)N(C2CCN(C)CC2)C4)c(C)c1. The number of pyridine rings is 1. The van der Waals surface area contributed by atoms with E-state index in [-0.39, 0.29) is 36.2 Å². The number of fused-ring (bicyclic) bond motifs is 2. The molecule has 11 heteroatoms. The number of nitrogens with one attached hydrogen (secondary N) is 3. The third kappa shape index (κ3) is 5.37. The number of halogens is 1. The average molecular weight is 591 g/mol. The Morgan fingerprint density at radius 1 is 1.19 bits per heavy atom. The number of aromatic nitrogens is 3. The van der Waals surface area contributed by atoms with Gasteiger partial charge in [0.05, 0.1) is 16.2 Å². The van der Waals surface area contributed by atoms with Crippen LogP contribution in [-0.4, -0.2) is 81.2 Å². The summed E-state index contributed by atoms with van der Waals surface area (Å²) in [5.41, 5.74) is 5.02. The Hall–Kier alpha value is -3.86. The van der Waals surface area contributed by atoms with Crippen molar-refractivity contribution < 1.29 is 14.6 Å². The van der Waals surface area contributed by atoms with Gasteiger partial charge in [-0.1, -0.05) is 29.3 Å². The first-order valence-electron chi connectivity index (χ1n) is 14.2. The van der Waals surface area contributed by atoms with E-state index < -0.39 is 6.10 Å². The highest BCUT2D eigenvalue weighted by Gasteiger charge is 2.36. The number of benzene rings is 2. The first kappa shape index (κ1) is 28.3. The number of ether oxygens (including phenoxy) is 1. The van der Waals surface area contributed by atoms with Gasteiger partial charge in [0.2, 0.25) is 0 Å². The molecule has 0 radical (unpaired) electrons. The number of likely N-dealkylation sites (tertiary alicyclic amines) is 1. The molecule has 6 rings (SSSR count). The van der Waals surface area contributed by atoms with Gasteiger partial charge in [0, 0.05) is 36.5 Å². The Morgan fingerprint density at radius 3 is 2.74 bits per heavy atom. The first-order chi connectivity index (χ1) is 20.2. The van der Waals surface area contributed by atoms with Crippen LogP contribution in [0.25, 0.3) is 22.4 Å². The molecule has 10 nitrogen and oxygen atoms in total. The Labute approximate surface area is 248 Å². The minimum atomic E-state index is -0.829. The molecule has 4 heterocycles. The summed E-state index contributed by atoms with van der Waals surface area (Å²) >= 11 is 6.85. The van der Waals surface area contributed by atoms with Crippen LogP contribution in [0.4, 0.5) is 5.69 Å². The van der Waals surface area contributed by atoms with Gasteiger partial charge in [0.1, 0.15) is 35.4 Å². The number of aryl methyl sites for hydroxylation is 2. The topological polar surface area (TPSA) is 127 Å². The molecule has 0 spiro atoms. The lowest BCUT2D eigenvalue weighted by molar-refractivity contribution is 0.0617. The van der Waals surface area contributed by atoms with Crippen molar-refractivity contribution in [1.29, 1.82) is 0 Å². The van der Waals surface area contributed by atoms with Crippen LogP contribution in [0, 0.1) is 13.8 Å². The number of piperidine rings is 1. The summed E-state index contributed by atoms with van der Waals surface area (Å²) in [7, 11) is 2.10. The summed E-state index contributed by atoms with van der Waals surface area (Å²) in [5, 5.41) is 14.2. The second kappa shape index (κ2) is 11.4. The van der Waals surface area contributed by atoms with Crippen LogP contribution in [0.2, 0.25) is 5.02 Å². The van der Waals surface area contributed by atoms with Crippen molar-refractivity contribution >= 4 is 34.2 Å². The number of amides is 1. The fourth-order valence-corrected chi connectivity index (χ4v) is 6.21. The van der Waals surface area contributed by atoms with Crippen molar-refractivity contribution in [1.82, 2.24) is 24.8 Å². The standard InChI is InChI=1S/C31H35ClN6O4/c1-17-4-5-25(18(2)12-17)42-16-20(39)14-34-23-6-9-33-30(40)26(23)29-35-24-13-21-22(27(32)28(24)36-29)15-38(31(21)41)19-7-10-37(3)11-8-19/h4-6,9,12-13,19-20,39H,7-8,10-11,14-16H2,1-3H3,(H,35,36)(H2,33,34,40). The largest absolute Gasteiger partial charge is 0.491 e. The molecule has 1 fully saturated rings. The number of anilines is 1. The minimum absolute atomic E-state index is 0.0172. The molecular weight excluding hydrogens is 556 g/mol. The number of hydrogen-bond acceptors (Lipinski definition) is 7. The lowest BCUT2D eigenvalue weighted by Gasteiger charge is -2.34. The van der Waals surface area contributed by atoms with Crippen LogP contribution in [0.1, 0.15) is 39.9 Å². The Kier molecular flexibility index (Phi) is 7.69. The predicted octanol–water partition coefficient (Wildman–Crippen LogP) is 4.09. The number of carbonyl (C=O) groups excluding carboxylic acids is 1. The number of aliphatic hydroxyl groups excluding tert-OH is 1. The molecule has 4 N–H and O–H groups in total. The first-order valence-corrected chi connectivity index (χ1v) is 14.6. The fraction of sp³-hybridized carbons (Fsp3) is 0.387. The summed E-state index contributed by atoms with van der Waals surface area (Å²) in [4.78, 5) is 41.2. The van der Waals surface area contributed by atoms with Gasteiger partial charge in [-0.05, 0) is 70.6 Å². The monoisotopic (exact) mass is 590 g/mol. The number of hydrogen-bond donors (Lipinski definition) is 4. The Balaban J connectivity index is 1.21. The lowest BCUT2D eigenvalue weighted by Crippen LogP contribution is -2.43. The molecular formula is C31H35ClN6O4. The zero-order chi connectivity index (χ0) is 29.5. The van der Waals surface area contributed by atoms with Crippen LogP contribution in [-0.2, 0) is 6.54 Å². The van der Waals surface area contributed by atoms with E-state index in [1.54, 1.807) is 12.1 Å². The maximum absolute atomic E-state index is 13.4. The van der Waals surface area contributed by atoms with Crippen molar-refractivity contribution in [2.45, 2.75) is 45.4 Å². The molecule has 42 heavy (non-hydrogen) atoms. The zero-order valence-electron chi connectivity index (χ0n) is 24.0. The summed E-state index contributed by atoms with van der Waals surface area (Å²) in [6.07, 6.45) is 2.58. The van der Waals surface area contributed by atoms with Crippen molar-refractivity contribution in [2.24, 2.45) is 0 Å². The van der Waals surface area contributed by atoms with E-state index in [1.165, 1.54) is 6.20 Å². The normalized spacial score (nSPS) is 16.7. The minimum Gasteiger partial charge on any atom is -0.491 e. The fourth-order valence-electron chi connectivity index (χ4n) is 5.91. The summed E-state index contributed by atoms with van der Waals surface area (Å²) < 4.78 is 5.81. The molecule has 2 aliphatic heterocycles. The van der Waals surface area contributed by atoms with Crippen LogP contribution >= 0.6 is 11.6 Å². The Morgan fingerprint density at radius 2 is 1.98 bits per heavy atom. The van der Waals surface area contributed by atoms with Gasteiger partial charge in [0.25, 0.3) is 11.5 Å². The predicted molar refractivity (Wildman–Crippen MR) is 163 cm³/mol. The average Bonchev–Trinajstić information content (AvgIpc) is 3.53. The second-order valence-electron chi connectivity index (χ2n) is 11.4. The molecule has 1 unspecified atom stereocenters. The van der Waals surface area contributed by atoms with Gasteiger partial charge < -0.3 is 34.9 Å². The van der Waals surface area contributed by atoms with E-state index >= 15 is 0 Å². The molecule has 1 amide bonds. The van der Waals surface area contributed by atoms with Gasteiger partial charge in [-0.2, -0.15) is 0 Å². The van der Waals surface area contributed by atoms with Gasteiger partial charge in [0.15, 0.2) is 0 Å². The highest BCUT2D eigenvalue weighted by atomic mass is 35.5. The maximum atomic E-state index is 13.4. The molecule has 2 aliphatic rings. The third-order valence-corrected chi connectivity index (χ3v) is 8.66. The van der Waals surface area contributed by atoms with Crippen LogP contribution < -0.4 is 15.6 Å². The van der Waals surface area contributed by atoms with Crippen molar-refractivity contribution in [3.8, 4) is 17.1 Å². The number of nitrogens with zero attached hydrogens (tertiary/aromatic N) is 3. The molecule has 0 bridgehead atoms. The number of aromatic amines is 2. The second-order valence-corrected chi connectivity index (χ2v) is 11.8. The molecule has 2 aromatic heterocycles. The molecule has 2 aromatic carbocycles. The van der Waals surface area contributed by atoms with E-state index in [9.17, 15) is 14.7 Å².